The fraction of sp³-hybridized carbons (Fsp3) is 0.280. The van der Waals surface area contributed by atoms with Crippen LogP contribution in [0.3, 0.4) is 0 Å². The van der Waals surface area contributed by atoms with Gasteiger partial charge >= 0.3 is 5.97 Å². The van der Waals surface area contributed by atoms with Crippen molar-refractivity contribution in [1.29, 1.82) is 0 Å². The number of nitrogens with one attached hydrogen (secondary N) is 2. The first-order chi connectivity index (χ1) is 16.9. The summed E-state index contributed by atoms with van der Waals surface area (Å²) in [5, 5.41) is 3.19. The van der Waals surface area contributed by atoms with E-state index >= 15 is 0 Å². The number of thioether (sulfide) groups is 1. The number of hydrogen-bond donors (Lipinski definition) is 2. The fourth-order valence-corrected chi connectivity index (χ4v) is 4.51. The average molecular weight is 495 g/mol. The van der Waals surface area contributed by atoms with E-state index in [0.29, 0.717) is 41.5 Å². The highest BCUT2D eigenvalue weighted by Crippen LogP contribution is 2.21. The van der Waals surface area contributed by atoms with Crippen LogP contribution in [0.2, 0.25) is 0 Å². The Kier molecular flexibility index (Phi) is 7.84. The molecule has 0 fully saturated rings. The molecule has 1 aromatic heterocycles. The zero-order valence-corrected chi connectivity index (χ0v) is 20.3. The maximum atomic E-state index is 12.7. The third-order valence-corrected chi connectivity index (χ3v) is 6.47. The van der Waals surface area contributed by atoms with E-state index in [1.807, 2.05) is 24.3 Å². The second kappa shape index (κ2) is 11.2. The minimum absolute atomic E-state index is 0.0858. The normalized spacial score (nSPS) is 13.1. The lowest BCUT2D eigenvalue weighted by molar-refractivity contribution is -0.113. The van der Waals surface area contributed by atoms with E-state index in [1.165, 1.54) is 18.9 Å². The Morgan fingerprint density at radius 3 is 2.71 bits per heavy atom. The third kappa shape index (κ3) is 6.28. The van der Waals surface area contributed by atoms with Crippen LogP contribution in [0.1, 0.15) is 27.2 Å². The van der Waals surface area contributed by atoms with E-state index in [2.05, 4.69) is 24.9 Å². The quantitative estimate of drug-likeness (QED) is 0.279. The van der Waals surface area contributed by atoms with Crippen LogP contribution in [0.15, 0.2) is 58.5 Å². The van der Waals surface area contributed by atoms with Gasteiger partial charge in [0, 0.05) is 31.7 Å². The van der Waals surface area contributed by atoms with Gasteiger partial charge in [-0.1, -0.05) is 23.9 Å². The Labute approximate surface area is 206 Å². The number of benzene rings is 2. The van der Waals surface area contributed by atoms with E-state index in [4.69, 9.17) is 4.74 Å². The first kappa shape index (κ1) is 24.5. The first-order valence-corrected chi connectivity index (χ1v) is 12.0. The van der Waals surface area contributed by atoms with Gasteiger partial charge in [0.15, 0.2) is 5.16 Å². The topological polar surface area (TPSA) is 114 Å². The van der Waals surface area contributed by atoms with Crippen LogP contribution in [0.4, 0.5) is 5.69 Å². The van der Waals surface area contributed by atoms with Crippen LogP contribution in [0, 0.1) is 0 Å². The molecule has 35 heavy (non-hydrogen) atoms. The lowest BCUT2D eigenvalue weighted by Gasteiger charge is -2.27. The summed E-state index contributed by atoms with van der Waals surface area (Å²) in [7, 11) is 2.96. The van der Waals surface area contributed by atoms with Crippen molar-refractivity contribution in [1.82, 2.24) is 14.9 Å². The molecule has 0 saturated carbocycles. The Morgan fingerprint density at radius 1 is 1.17 bits per heavy atom. The summed E-state index contributed by atoms with van der Waals surface area (Å²) in [5.41, 5.74) is 3.35. The smallest absolute Gasteiger partial charge is 0.337 e. The maximum Gasteiger partial charge on any atom is 0.337 e. The summed E-state index contributed by atoms with van der Waals surface area (Å²) < 4.78 is 9.95. The second-order valence-electron chi connectivity index (χ2n) is 8.01. The van der Waals surface area contributed by atoms with Crippen LogP contribution in [-0.2, 0) is 29.0 Å². The number of hydrogen-bond acceptors (Lipinski definition) is 8. The summed E-state index contributed by atoms with van der Waals surface area (Å²) >= 11 is 1.17. The Hall–Kier alpha value is -3.63. The molecule has 182 valence electrons. The number of amides is 1. The monoisotopic (exact) mass is 494 g/mol. The van der Waals surface area contributed by atoms with Gasteiger partial charge in [0.25, 0.3) is 5.56 Å². The SMILES string of the molecule is COC(=O)c1ccc(NC(=O)CSc2nc3c(c(=O)[nH]2)CN(Cc2cccc(OC)c2)CC3)cc1. The summed E-state index contributed by atoms with van der Waals surface area (Å²) in [5.74, 6) is 0.209. The molecule has 1 amide bonds. The minimum atomic E-state index is -0.440. The highest BCUT2D eigenvalue weighted by atomic mass is 32.2. The number of aromatic nitrogens is 2. The van der Waals surface area contributed by atoms with Crippen molar-refractivity contribution in [3.63, 3.8) is 0 Å². The van der Waals surface area contributed by atoms with Gasteiger partial charge in [0.1, 0.15) is 5.75 Å². The van der Waals surface area contributed by atoms with Crippen molar-refractivity contribution in [3.8, 4) is 5.75 Å². The van der Waals surface area contributed by atoms with Crippen molar-refractivity contribution in [2.24, 2.45) is 0 Å². The van der Waals surface area contributed by atoms with Crippen LogP contribution < -0.4 is 15.6 Å². The number of fused-ring (bicyclic) bond motifs is 1. The lowest BCUT2D eigenvalue weighted by Crippen LogP contribution is -2.35. The molecule has 1 aliphatic rings. The predicted octanol–water partition coefficient (Wildman–Crippen LogP) is 2.85. The van der Waals surface area contributed by atoms with Crippen molar-refractivity contribution >= 4 is 29.3 Å². The third-order valence-electron chi connectivity index (χ3n) is 5.60. The molecular weight excluding hydrogens is 468 g/mol. The zero-order valence-electron chi connectivity index (χ0n) is 19.5. The van der Waals surface area contributed by atoms with E-state index in [1.54, 1.807) is 31.4 Å². The van der Waals surface area contributed by atoms with Crippen LogP contribution in [0.25, 0.3) is 0 Å². The Morgan fingerprint density at radius 2 is 1.97 bits per heavy atom. The molecule has 10 heteroatoms. The van der Waals surface area contributed by atoms with Gasteiger partial charge in [0.2, 0.25) is 5.91 Å². The molecule has 0 bridgehead atoms. The van der Waals surface area contributed by atoms with E-state index in [0.717, 1.165) is 23.6 Å². The van der Waals surface area contributed by atoms with Gasteiger partial charge < -0.3 is 19.8 Å². The number of rotatable bonds is 8. The molecular formula is C25H26N4O5S. The van der Waals surface area contributed by atoms with Crippen molar-refractivity contribution in [2.45, 2.75) is 24.7 Å². The highest BCUT2D eigenvalue weighted by Gasteiger charge is 2.22. The molecule has 0 unspecified atom stereocenters. The summed E-state index contributed by atoms with van der Waals surface area (Å²) in [6.07, 6.45) is 0.662. The van der Waals surface area contributed by atoms with Crippen molar-refractivity contribution < 1.29 is 19.1 Å². The molecule has 9 nitrogen and oxygen atoms in total. The summed E-state index contributed by atoms with van der Waals surface area (Å²) in [4.78, 5) is 46.2. The van der Waals surface area contributed by atoms with E-state index in [-0.39, 0.29) is 17.2 Å². The number of methoxy groups -OCH3 is 2. The number of esters is 1. The fourth-order valence-electron chi connectivity index (χ4n) is 3.83. The minimum Gasteiger partial charge on any atom is -0.497 e. The van der Waals surface area contributed by atoms with Gasteiger partial charge in [-0.2, -0.15) is 0 Å². The molecule has 1 aliphatic heterocycles. The number of carbonyl (C=O) groups is 2. The number of ether oxygens (including phenoxy) is 2. The molecule has 0 saturated heterocycles. The Balaban J connectivity index is 1.33. The molecule has 0 spiro atoms. The molecule has 0 atom stereocenters. The van der Waals surface area contributed by atoms with Crippen molar-refractivity contribution in [3.05, 3.63) is 81.3 Å². The number of aromatic amines is 1. The van der Waals surface area contributed by atoms with Crippen molar-refractivity contribution in [2.75, 3.05) is 31.8 Å². The second-order valence-corrected chi connectivity index (χ2v) is 8.98. The molecule has 0 radical (unpaired) electrons. The lowest BCUT2D eigenvalue weighted by atomic mass is 10.1. The standard InChI is InChI=1S/C25H26N4O5S/c1-33-19-5-3-4-16(12-19)13-29-11-10-21-20(14-29)23(31)28-25(27-21)35-15-22(30)26-18-8-6-17(7-9-18)24(32)34-2/h3-9,12H,10-11,13-15H2,1-2H3,(H,26,30)(H,27,28,31). The van der Waals surface area contributed by atoms with Gasteiger partial charge in [-0.05, 0) is 42.0 Å². The van der Waals surface area contributed by atoms with E-state index < -0.39 is 5.97 Å². The molecule has 2 aromatic carbocycles. The summed E-state index contributed by atoms with van der Waals surface area (Å²) in [6.45, 7) is 2.02. The predicted molar refractivity (Wildman–Crippen MR) is 133 cm³/mol. The number of carbonyl (C=O) groups excluding carboxylic acids is 2. The van der Waals surface area contributed by atoms with Gasteiger partial charge in [-0.15, -0.1) is 0 Å². The number of nitrogens with zero attached hydrogens (tertiary/aromatic N) is 2. The number of anilines is 1. The maximum absolute atomic E-state index is 12.7. The van der Waals surface area contributed by atoms with Gasteiger partial charge in [0.05, 0.1) is 36.8 Å². The van der Waals surface area contributed by atoms with Crippen LogP contribution in [0.5, 0.6) is 5.75 Å². The highest BCUT2D eigenvalue weighted by molar-refractivity contribution is 7.99. The zero-order chi connectivity index (χ0) is 24.8. The van der Waals surface area contributed by atoms with Crippen LogP contribution in [-0.4, -0.2) is 53.3 Å². The molecule has 4 rings (SSSR count). The van der Waals surface area contributed by atoms with Gasteiger partial charge in [-0.25, -0.2) is 9.78 Å². The first-order valence-electron chi connectivity index (χ1n) is 11.0. The molecule has 0 aliphatic carbocycles. The van der Waals surface area contributed by atoms with E-state index in [9.17, 15) is 14.4 Å². The molecule has 2 N–H and O–H groups in total. The van der Waals surface area contributed by atoms with Crippen LogP contribution >= 0.6 is 11.8 Å². The van der Waals surface area contributed by atoms with Gasteiger partial charge in [-0.3, -0.25) is 14.5 Å². The molecule has 2 heterocycles. The average Bonchev–Trinajstić information content (AvgIpc) is 2.88. The summed E-state index contributed by atoms with van der Waals surface area (Å²) in [6, 6.07) is 14.3. The Bertz CT molecular complexity index is 1280. The largest absolute Gasteiger partial charge is 0.497 e. The number of H-pyrrole nitrogens is 1. The molecule has 3 aromatic rings.